The summed E-state index contributed by atoms with van der Waals surface area (Å²) in [6.45, 7) is 7.11. The summed E-state index contributed by atoms with van der Waals surface area (Å²) >= 11 is 0. The summed E-state index contributed by atoms with van der Waals surface area (Å²) in [5.41, 5.74) is 1.12. The topological polar surface area (TPSA) is 54.4 Å². The fourth-order valence-electron chi connectivity index (χ4n) is 1.81. The Bertz CT molecular complexity index is 472. The molecule has 0 aliphatic heterocycles. The Balaban J connectivity index is 2.45. The number of hydrogen-bond donors (Lipinski definition) is 1. The molecule has 5 heteroatoms. The second-order valence-electron chi connectivity index (χ2n) is 5.89. The molecule has 0 heterocycles. The monoisotopic (exact) mass is 286 g/mol. The molecule has 0 saturated carbocycles. The van der Waals surface area contributed by atoms with Crippen LogP contribution in [-0.2, 0) is 16.5 Å². The maximum Gasteiger partial charge on any atom is 0.294 e. The van der Waals surface area contributed by atoms with Crippen LogP contribution in [-0.4, -0.2) is 21.0 Å². The molecular weight excluding hydrogens is 264 g/mol. The summed E-state index contributed by atoms with van der Waals surface area (Å²) in [5.74, 6) is 0. The van der Waals surface area contributed by atoms with E-state index in [2.05, 4.69) is 19.6 Å². The van der Waals surface area contributed by atoms with E-state index in [1.807, 2.05) is 0 Å². The standard InChI is InChI=1S/C13H22O3SSi/c1-18(2,3)11-5-4-6-12-7-9-13(10-8-12)17(14,15)16/h7-10H,4-6,11H2,1-3H3,(H,14,15,16). The third-order valence-corrected chi connectivity index (χ3v) is 5.58. The molecule has 3 nitrogen and oxygen atoms in total. The highest BCUT2D eigenvalue weighted by molar-refractivity contribution is 7.85. The zero-order valence-corrected chi connectivity index (χ0v) is 13.1. The molecule has 1 N–H and O–H groups in total. The third kappa shape index (κ3) is 5.80. The average Bonchev–Trinajstić information content (AvgIpc) is 2.22. The van der Waals surface area contributed by atoms with Crippen molar-refractivity contribution < 1.29 is 13.0 Å². The first-order valence-electron chi connectivity index (χ1n) is 6.25. The molecule has 1 aromatic rings. The number of benzene rings is 1. The Hall–Kier alpha value is -0.653. The van der Waals surface area contributed by atoms with E-state index >= 15 is 0 Å². The number of hydrogen-bond acceptors (Lipinski definition) is 2. The van der Waals surface area contributed by atoms with Crippen LogP contribution in [0, 0.1) is 0 Å². The molecule has 0 aliphatic carbocycles. The van der Waals surface area contributed by atoms with Crippen molar-refractivity contribution >= 4 is 18.2 Å². The van der Waals surface area contributed by atoms with Gasteiger partial charge in [0.25, 0.3) is 10.1 Å². The quantitative estimate of drug-likeness (QED) is 0.494. The molecule has 18 heavy (non-hydrogen) atoms. The van der Waals surface area contributed by atoms with Crippen molar-refractivity contribution in [3.8, 4) is 0 Å². The third-order valence-electron chi connectivity index (χ3n) is 2.86. The van der Waals surface area contributed by atoms with Crippen LogP contribution in [0.1, 0.15) is 18.4 Å². The Morgan fingerprint density at radius 3 is 2.06 bits per heavy atom. The first kappa shape index (κ1) is 15.4. The molecule has 0 bridgehead atoms. The molecule has 0 saturated heterocycles. The first-order chi connectivity index (χ1) is 8.18. The van der Waals surface area contributed by atoms with Crippen LogP contribution in [0.4, 0.5) is 0 Å². The first-order valence-corrected chi connectivity index (χ1v) is 11.4. The molecule has 0 radical (unpaired) electrons. The van der Waals surface area contributed by atoms with E-state index in [9.17, 15) is 8.42 Å². The second-order valence-corrected chi connectivity index (χ2v) is 12.9. The molecule has 0 fully saturated rings. The molecule has 1 aromatic carbocycles. The summed E-state index contributed by atoms with van der Waals surface area (Å²) in [6, 6.07) is 7.80. The van der Waals surface area contributed by atoms with Crippen LogP contribution >= 0.6 is 0 Å². The Labute approximate surface area is 111 Å². The average molecular weight is 286 g/mol. The van der Waals surface area contributed by atoms with Crippen LogP contribution in [0.15, 0.2) is 29.2 Å². The SMILES string of the molecule is C[Si](C)(C)CCCCc1ccc(S(=O)(=O)O)cc1. The summed E-state index contributed by atoms with van der Waals surface area (Å²) in [7, 11) is -5.00. The maximum atomic E-state index is 10.9. The molecule has 0 aromatic heterocycles. The van der Waals surface area contributed by atoms with Gasteiger partial charge in [-0.2, -0.15) is 8.42 Å². The molecular formula is C13H22O3SSi. The molecule has 0 spiro atoms. The molecule has 0 atom stereocenters. The van der Waals surface area contributed by atoms with Crippen LogP contribution in [0.2, 0.25) is 25.7 Å². The van der Waals surface area contributed by atoms with E-state index in [0.29, 0.717) is 0 Å². The van der Waals surface area contributed by atoms with E-state index in [1.54, 1.807) is 12.1 Å². The predicted octanol–water partition coefficient (Wildman–Crippen LogP) is 3.59. The Kier molecular flexibility index (Phi) is 5.13. The highest BCUT2D eigenvalue weighted by atomic mass is 32.2. The van der Waals surface area contributed by atoms with Gasteiger partial charge in [0.15, 0.2) is 0 Å². The number of rotatable bonds is 6. The van der Waals surface area contributed by atoms with E-state index in [0.717, 1.165) is 18.4 Å². The van der Waals surface area contributed by atoms with Gasteiger partial charge in [0.1, 0.15) is 0 Å². The highest BCUT2D eigenvalue weighted by Crippen LogP contribution is 2.16. The van der Waals surface area contributed by atoms with Crippen molar-refractivity contribution in [2.45, 2.75) is 49.8 Å². The van der Waals surface area contributed by atoms with Gasteiger partial charge in [-0.25, -0.2) is 0 Å². The maximum absolute atomic E-state index is 10.9. The largest absolute Gasteiger partial charge is 0.294 e. The smallest absolute Gasteiger partial charge is 0.282 e. The van der Waals surface area contributed by atoms with Crippen molar-refractivity contribution in [2.75, 3.05) is 0 Å². The zero-order valence-electron chi connectivity index (χ0n) is 11.3. The van der Waals surface area contributed by atoms with Crippen LogP contribution in [0.5, 0.6) is 0 Å². The van der Waals surface area contributed by atoms with Gasteiger partial charge in [-0.05, 0) is 30.5 Å². The summed E-state index contributed by atoms with van der Waals surface area (Å²) in [4.78, 5) is -0.0339. The van der Waals surface area contributed by atoms with E-state index in [-0.39, 0.29) is 4.90 Å². The minimum Gasteiger partial charge on any atom is -0.282 e. The van der Waals surface area contributed by atoms with Gasteiger partial charge in [-0.15, -0.1) is 0 Å². The van der Waals surface area contributed by atoms with Crippen LogP contribution in [0.3, 0.4) is 0 Å². The lowest BCUT2D eigenvalue weighted by atomic mass is 10.1. The van der Waals surface area contributed by atoms with Gasteiger partial charge in [-0.1, -0.05) is 44.2 Å². The van der Waals surface area contributed by atoms with Crippen molar-refractivity contribution in [3.63, 3.8) is 0 Å². The predicted molar refractivity (Wildman–Crippen MR) is 77.3 cm³/mol. The lowest BCUT2D eigenvalue weighted by Gasteiger charge is -2.14. The molecule has 0 aliphatic rings. The Morgan fingerprint density at radius 2 is 1.61 bits per heavy atom. The second kappa shape index (κ2) is 5.99. The zero-order chi connectivity index (χ0) is 13.8. The van der Waals surface area contributed by atoms with Crippen LogP contribution < -0.4 is 0 Å². The minimum absolute atomic E-state index is 0.0339. The number of unbranched alkanes of at least 4 members (excludes halogenated alkanes) is 1. The van der Waals surface area contributed by atoms with Gasteiger partial charge >= 0.3 is 0 Å². The Morgan fingerprint density at radius 1 is 1.06 bits per heavy atom. The minimum atomic E-state index is -4.06. The molecule has 102 valence electrons. The van der Waals surface area contributed by atoms with Crippen molar-refractivity contribution in [3.05, 3.63) is 29.8 Å². The van der Waals surface area contributed by atoms with E-state index in [4.69, 9.17) is 4.55 Å². The fourth-order valence-corrected chi connectivity index (χ4v) is 3.60. The lowest BCUT2D eigenvalue weighted by Crippen LogP contribution is -2.18. The van der Waals surface area contributed by atoms with E-state index < -0.39 is 18.2 Å². The highest BCUT2D eigenvalue weighted by Gasteiger charge is 2.12. The van der Waals surface area contributed by atoms with Gasteiger partial charge < -0.3 is 0 Å². The summed E-state index contributed by atoms with van der Waals surface area (Å²) in [5, 5.41) is 0. The van der Waals surface area contributed by atoms with Gasteiger partial charge in [0.2, 0.25) is 0 Å². The van der Waals surface area contributed by atoms with Crippen molar-refractivity contribution in [1.82, 2.24) is 0 Å². The lowest BCUT2D eigenvalue weighted by molar-refractivity contribution is 0.483. The van der Waals surface area contributed by atoms with Gasteiger partial charge in [0, 0.05) is 8.07 Å². The van der Waals surface area contributed by atoms with Crippen LogP contribution in [0.25, 0.3) is 0 Å². The van der Waals surface area contributed by atoms with E-state index in [1.165, 1.54) is 24.6 Å². The molecule has 1 rings (SSSR count). The van der Waals surface area contributed by atoms with Gasteiger partial charge in [-0.3, -0.25) is 4.55 Å². The van der Waals surface area contributed by atoms with Gasteiger partial charge in [0.05, 0.1) is 4.90 Å². The molecule has 0 unspecified atom stereocenters. The number of aryl methyl sites for hydroxylation is 1. The fraction of sp³-hybridized carbons (Fsp3) is 0.538. The summed E-state index contributed by atoms with van der Waals surface area (Å²) in [6.07, 6.45) is 3.33. The van der Waals surface area contributed by atoms with Crippen molar-refractivity contribution in [1.29, 1.82) is 0 Å². The van der Waals surface area contributed by atoms with Crippen molar-refractivity contribution in [2.24, 2.45) is 0 Å². The summed E-state index contributed by atoms with van der Waals surface area (Å²) < 4.78 is 30.6. The molecule has 0 amide bonds. The normalized spacial score (nSPS) is 12.7.